The molecule has 0 spiro atoms. The van der Waals surface area contributed by atoms with E-state index >= 15 is 0 Å². The number of H-pyrrole nitrogens is 1. The molecule has 1 saturated carbocycles. The van der Waals surface area contributed by atoms with E-state index in [1.54, 1.807) is 0 Å². The molecule has 2 aromatic heterocycles. The molecular weight excluding hydrogens is 324 g/mol. The minimum atomic E-state index is 0.202. The van der Waals surface area contributed by atoms with E-state index in [4.69, 9.17) is 14.7 Å². The van der Waals surface area contributed by atoms with E-state index in [2.05, 4.69) is 54.1 Å². The predicted molar refractivity (Wildman–Crippen MR) is 104 cm³/mol. The zero-order valence-electron chi connectivity index (χ0n) is 15.3. The molecule has 134 valence electrons. The van der Waals surface area contributed by atoms with Crippen LogP contribution in [0.15, 0.2) is 36.5 Å². The van der Waals surface area contributed by atoms with Crippen LogP contribution in [-0.2, 0) is 10.2 Å². The molecule has 1 aliphatic heterocycles. The van der Waals surface area contributed by atoms with E-state index < -0.39 is 0 Å². The van der Waals surface area contributed by atoms with E-state index in [-0.39, 0.29) is 5.41 Å². The van der Waals surface area contributed by atoms with Crippen LogP contribution in [0.3, 0.4) is 0 Å². The Kier molecular flexibility index (Phi) is 3.54. The van der Waals surface area contributed by atoms with Gasteiger partial charge in [-0.05, 0) is 31.9 Å². The number of aromatic amines is 1. The van der Waals surface area contributed by atoms with Crippen LogP contribution >= 0.6 is 0 Å². The molecule has 0 bridgehead atoms. The molecule has 1 aliphatic carbocycles. The van der Waals surface area contributed by atoms with E-state index in [0.717, 1.165) is 42.5 Å². The van der Waals surface area contributed by atoms with Gasteiger partial charge in [-0.15, -0.1) is 0 Å². The molecule has 1 aromatic carbocycles. The van der Waals surface area contributed by atoms with Gasteiger partial charge in [-0.3, -0.25) is 0 Å². The van der Waals surface area contributed by atoms with Crippen molar-refractivity contribution in [3.63, 3.8) is 0 Å². The predicted octanol–water partition coefficient (Wildman–Crippen LogP) is 3.90. The average molecular weight is 348 g/mol. The van der Waals surface area contributed by atoms with Crippen molar-refractivity contribution >= 4 is 16.7 Å². The minimum absolute atomic E-state index is 0.202. The molecule has 5 heteroatoms. The van der Waals surface area contributed by atoms with Crippen LogP contribution in [-0.4, -0.2) is 40.8 Å². The highest BCUT2D eigenvalue weighted by Crippen LogP contribution is 2.47. The fourth-order valence-corrected chi connectivity index (χ4v) is 3.80. The van der Waals surface area contributed by atoms with Gasteiger partial charge >= 0.3 is 0 Å². The van der Waals surface area contributed by atoms with Gasteiger partial charge in [0.1, 0.15) is 5.82 Å². The van der Waals surface area contributed by atoms with Crippen LogP contribution in [0.1, 0.15) is 32.4 Å². The summed E-state index contributed by atoms with van der Waals surface area (Å²) in [6, 6.07) is 10.9. The summed E-state index contributed by atoms with van der Waals surface area (Å²) in [4.78, 5) is 15.6. The first-order chi connectivity index (χ1) is 12.6. The standard InChI is InChI=1S/C21H24N4O/c1-14-13-26-11-10-25(14)19-12-18(21(2)7-8-21)23-20(24-19)16-4-3-5-17-15(16)6-9-22-17/h3-6,9,12,14,22H,7-8,10-11,13H2,1-2H3. The maximum atomic E-state index is 5.62. The zero-order chi connectivity index (χ0) is 17.7. The quantitative estimate of drug-likeness (QED) is 0.780. The molecule has 3 aromatic rings. The highest BCUT2D eigenvalue weighted by atomic mass is 16.5. The van der Waals surface area contributed by atoms with E-state index in [1.807, 2.05) is 6.20 Å². The Balaban J connectivity index is 1.67. The second-order valence-corrected chi connectivity index (χ2v) is 7.86. The summed E-state index contributed by atoms with van der Waals surface area (Å²) in [6.07, 6.45) is 4.39. The topological polar surface area (TPSA) is 54.0 Å². The third kappa shape index (κ3) is 2.58. The molecule has 1 unspecified atom stereocenters. The molecule has 3 heterocycles. The molecule has 5 nitrogen and oxygen atoms in total. The SMILES string of the molecule is CC1COCCN1c1cc(C2(C)CC2)nc(-c2cccc3[nH]ccc23)n1. The van der Waals surface area contributed by atoms with Crippen LogP contribution in [0.2, 0.25) is 0 Å². The van der Waals surface area contributed by atoms with Gasteiger partial charge in [0, 0.05) is 40.7 Å². The van der Waals surface area contributed by atoms with E-state index in [0.29, 0.717) is 6.04 Å². The Bertz CT molecular complexity index is 960. The van der Waals surface area contributed by atoms with Crippen molar-refractivity contribution in [1.82, 2.24) is 15.0 Å². The Morgan fingerprint density at radius 1 is 1.23 bits per heavy atom. The number of hydrogen-bond donors (Lipinski definition) is 1. The molecular formula is C21H24N4O. The van der Waals surface area contributed by atoms with Crippen LogP contribution in [0.5, 0.6) is 0 Å². The van der Waals surface area contributed by atoms with E-state index in [9.17, 15) is 0 Å². The number of hydrogen-bond acceptors (Lipinski definition) is 4. The van der Waals surface area contributed by atoms with Gasteiger partial charge < -0.3 is 14.6 Å². The molecule has 1 atom stereocenters. The summed E-state index contributed by atoms with van der Waals surface area (Å²) in [5.74, 6) is 1.86. The summed E-state index contributed by atoms with van der Waals surface area (Å²) in [7, 11) is 0. The number of nitrogens with one attached hydrogen (secondary N) is 1. The fraction of sp³-hybridized carbons (Fsp3) is 0.429. The lowest BCUT2D eigenvalue weighted by molar-refractivity contribution is 0.0985. The van der Waals surface area contributed by atoms with Crippen molar-refractivity contribution in [2.75, 3.05) is 24.7 Å². The van der Waals surface area contributed by atoms with Crippen molar-refractivity contribution in [3.05, 3.63) is 42.2 Å². The molecule has 1 N–H and O–H groups in total. The van der Waals surface area contributed by atoms with Gasteiger partial charge in [-0.25, -0.2) is 9.97 Å². The molecule has 2 aliphatic rings. The fourth-order valence-electron chi connectivity index (χ4n) is 3.80. The number of aromatic nitrogens is 3. The Morgan fingerprint density at radius 3 is 2.92 bits per heavy atom. The summed E-state index contributed by atoms with van der Waals surface area (Å²) in [6.45, 7) is 6.89. The van der Waals surface area contributed by atoms with Gasteiger partial charge in [0.15, 0.2) is 5.82 Å². The smallest absolute Gasteiger partial charge is 0.162 e. The molecule has 1 saturated heterocycles. The van der Waals surface area contributed by atoms with Gasteiger partial charge in [-0.1, -0.05) is 19.1 Å². The highest BCUT2D eigenvalue weighted by Gasteiger charge is 2.41. The Labute approximate surface area is 153 Å². The molecule has 5 rings (SSSR count). The van der Waals surface area contributed by atoms with Crippen LogP contribution < -0.4 is 4.90 Å². The maximum Gasteiger partial charge on any atom is 0.162 e. The van der Waals surface area contributed by atoms with Crippen LogP contribution in [0.4, 0.5) is 5.82 Å². The second-order valence-electron chi connectivity index (χ2n) is 7.86. The molecule has 0 amide bonds. The minimum Gasteiger partial charge on any atom is -0.377 e. The first-order valence-corrected chi connectivity index (χ1v) is 9.44. The summed E-state index contributed by atoms with van der Waals surface area (Å²) < 4.78 is 5.62. The number of nitrogens with zero attached hydrogens (tertiary/aromatic N) is 3. The Morgan fingerprint density at radius 2 is 2.12 bits per heavy atom. The lowest BCUT2D eigenvalue weighted by Gasteiger charge is -2.34. The van der Waals surface area contributed by atoms with Crippen molar-refractivity contribution in [2.24, 2.45) is 0 Å². The van der Waals surface area contributed by atoms with E-state index in [1.165, 1.54) is 23.9 Å². The lowest BCUT2D eigenvalue weighted by Crippen LogP contribution is -2.44. The monoisotopic (exact) mass is 348 g/mol. The van der Waals surface area contributed by atoms with Crippen molar-refractivity contribution in [1.29, 1.82) is 0 Å². The number of fused-ring (bicyclic) bond motifs is 1. The average Bonchev–Trinajstić information content (AvgIpc) is 3.23. The van der Waals surface area contributed by atoms with Crippen molar-refractivity contribution in [3.8, 4) is 11.4 Å². The maximum absolute atomic E-state index is 5.62. The first kappa shape index (κ1) is 15.8. The third-order valence-corrected chi connectivity index (χ3v) is 5.83. The molecule has 26 heavy (non-hydrogen) atoms. The largest absolute Gasteiger partial charge is 0.377 e. The number of benzene rings is 1. The number of rotatable bonds is 3. The summed E-state index contributed by atoms with van der Waals surface area (Å²) >= 11 is 0. The van der Waals surface area contributed by atoms with Gasteiger partial charge in [-0.2, -0.15) is 0 Å². The zero-order valence-corrected chi connectivity index (χ0v) is 15.3. The lowest BCUT2D eigenvalue weighted by atomic mass is 10.0. The normalized spacial score (nSPS) is 21.9. The summed E-state index contributed by atoms with van der Waals surface area (Å²) in [5.41, 5.74) is 3.59. The second kappa shape index (κ2) is 5.81. The van der Waals surface area contributed by atoms with Gasteiger partial charge in [0.2, 0.25) is 0 Å². The molecule has 0 radical (unpaired) electrons. The van der Waals surface area contributed by atoms with Crippen molar-refractivity contribution in [2.45, 2.75) is 38.1 Å². The van der Waals surface area contributed by atoms with Crippen molar-refractivity contribution < 1.29 is 4.74 Å². The van der Waals surface area contributed by atoms with Crippen LogP contribution in [0, 0.1) is 0 Å². The highest BCUT2D eigenvalue weighted by molar-refractivity contribution is 5.93. The number of morpholine rings is 1. The van der Waals surface area contributed by atoms with Gasteiger partial charge in [0.25, 0.3) is 0 Å². The number of anilines is 1. The Hall–Kier alpha value is -2.40. The molecule has 2 fully saturated rings. The third-order valence-electron chi connectivity index (χ3n) is 5.83. The van der Waals surface area contributed by atoms with Crippen LogP contribution in [0.25, 0.3) is 22.3 Å². The summed E-state index contributed by atoms with van der Waals surface area (Å²) in [5, 5.41) is 1.17. The first-order valence-electron chi connectivity index (χ1n) is 9.44. The van der Waals surface area contributed by atoms with Gasteiger partial charge in [0.05, 0.1) is 24.9 Å². The number of ether oxygens (including phenoxy) is 1.